The van der Waals surface area contributed by atoms with Gasteiger partial charge in [-0.3, -0.25) is 14.4 Å². The molecule has 1 aliphatic heterocycles. The van der Waals surface area contributed by atoms with Gasteiger partial charge in [0, 0.05) is 62.2 Å². The average Bonchev–Trinajstić information content (AvgIpc) is 3.09. The number of aromatic nitrogens is 2. The first kappa shape index (κ1) is 20.8. The molecule has 0 fully saturated rings. The van der Waals surface area contributed by atoms with Crippen LogP contribution in [0.4, 0.5) is 4.39 Å². The van der Waals surface area contributed by atoms with Crippen molar-refractivity contribution in [3.63, 3.8) is 0 Å². The number of rotatable bonds is 6. The average molecular weight is 420 g/mol. The molecule has 2 aromatic carbocycles. The first-order valence-corrected chi connectivity index (χ1v) is 10.2. The second kappa shape index (κ2) is 9.57. The van der Waals surface area contributed by atoms with E-state index in [1.807, 2.05) is 43.6 Å². The maximum Gasteiger partial charge on any atom is 0.244 e. The van der Waals surface area contributed by atoms with Crippen molar-refractivity contribution in [1.29, 1.82) is 0 Å². The third-order valence-corrected chi connectivity index (χ3v) is 5.19. The molecule has 2 heterocycles. The SMILES string of the molecule is Cn1cc(C=CC(=O)NCCN2Cc3ccccc3OC(c3ccccc3F)C2)cn1. The van der Waals surface area contributed by atoms with Crippen LogP contribution in [0.3, 0.4) is 0 Å². The van der Waals surface area contributed by atoms with Crippen molar-refractivity contribution in [3.05, 3.63) is 89.5 Å². The molecule has 1 N–H and O–H groups in total. The minimum Gasteiger partial charge on any atom is -0.484 e. The summed E-state index contributed by atoms with van der Waals surface area (Å²) in [5.74, 6) is 0.323. The number of amides is 1. The van der Waals surface area contributed by atoms with Gasteiger partial charge in [0.2, 0.25) is 5.91 Å². The number of hydrogen-bond donors (Lipinski definition) is 1. The highest BCUT2D eigenvalue weighted by Gasteiger charge is 2.25. The van der Waals surface area contributed by atoms with Gasteiger partial charge in [0.25, 0.3) is 0 Å². The minimum absolute atomic E-state index is 0.166. The van der Waals surface area contributed by atoms with Gasteiger partial charge in [-0.2, -0.15) is 5.10 Å². The predicted molar refractivity (Wildman–Crippen MR) is 117 cm³/mol. The lowest BCUT2D eigenvalue weighted by molar-refractivity contribution is -0.116. The van der Waals surface area contributed by atoms with E-state index < -0.39 is 6.10 Å². The van der Waals surface area contributed by atoms with Gasteiger partial charge in [-0.25, -0.2) is 4.39 Å². The van der Waals surface area contributed by atoms with Crippen molar-refractivity contribution in [2.45, 2.75) is 12.6 Å². The third kappa shape index (κ3) is 5.38. The van der Waals surface area contributed by atoms with Crippen molar-refractivity contribution in [3.8, 4) is 5.75 Å². The van der Waals surface area contributed by atoms with Crippen molar-refractivity contribution >= 4 is 12.0 Å². The lowest BCUT2D eigenvalue weighted by Crippen LogP contribution is -2.36. The minimum atomic E-state index is -0.425. The fourth-order valence-electron chi connectivity index (χ4n) is 3.64. The smallest absolute Gasteiger partial charge is 0.244 e. The molecule has 4 rings (SSSR count). The number of hydrogen-bond acceptors (Lipinski definition) is 4. The predicted octanol–water partition coefficient (Wildman–Crippen LogP) is 3.32. The molecule has 1 amide bonds. The Balaban J connectivity index is 1.40. The molecule has 31 heavy (non-hydrogen) atoms. The number of carbonyl (C=O) groups excluding carboxylic acids is 1. The lowest BCUT2D eigenvalue weighted by atomic mass is 10.1. The zero-order valence-electron chi connectivity index (χ0n) is 17.4. The summed E-state index contributed by atoms with van der Waals surface area (Å²) in [6.07, 6.45) is 6.33. The monoisotopic (exact) mass is 420 g/mol. The van der Waals surface area contributed by atoms with E-state index in [2.05, 4.69) is 15.3 Å². The number of fused-ring (bicyclic) bond motifs is 1. The van der Waals surface area contributed by atoms with E-state index in [4.69, 9.17) is 4.74 Å². The van der Waals surface area contributed by atoms with E-state index in [-0.39, 0.29) is 11.7 Å². The summed E-state index contributed by atoms with van der Waals surface area (Å²) in [7, 11) is 1.83. The molecule has 0 radical (unpaired) electrons. The largest absolute Gasteiger partial charge is 0.484 e. The second-order valence-electron chi connectivity index (χ2n) is 7.54. The van der Waals surface area contributed by atoms with E-state index in [0.717, 1.165) is 16.9 Å². The highest BCUT2D eigenvalue weighted by Crippen LogP contribution is 2.31. The number of carbonyl (C=O) groups is 1. The van der Waals surface area contributed by atoms with Crippen LogP contribution >= 0.6 is 0 Å². The van der Waals surface area contributed by atoms with Gasteiger partial charge in [-0.1, -0.05) is 36.4 Å². The maximum atomic E-state index is 14.4. The van der Waals surface area contributed by atoms with E-state index in [0.29, 0.717) is 31.7 Å². The van der Waals surface area contributed by atoms with E-state index in [1.54, 1.807) is 29.1 Å². The molecule has 1 atom stereocenters. The Labute approximate surface area is 180 Å². The Morgan fingerprint density at radius 1 is 1.26 bits per heavy atom. The van der Waals surface area contributed by atoms with Crippen LogP contribution in [0.2, 0.25) is 0 Å². The summed E-state index contributed by atoms with van der Waals surface area (Å²) in [6, 6.07) is 14.5. The first-order valence-electron chi connectivity index (χ1n) is 10.2. The summed E-state index contributed by atoms with van der Waals surface area (Å²) in [5, 5.41) is 6.98. The highest BCUT2D eigenvalue weighted by atomic mass is 19.1. The van der Waals surface area contributed by atoms with Crippen LogP contribution in [0, 0.1) is 5.82 Å². The molecule has 0 saturated heterocycles. The number of benzene rings is 2. The van der Waals surface area contributed by atoms with Crippen molar-refractivity contribution in [2.24, 2.45) is 7.05 Å². The van der Waals surface area contributed by atoms with Crippen molar-refractivity contribution in [1.82, 2.24) is 20.0 Å². The van der Waals surface area contributed by atoms with Crippen LogP contribution in [0.25, 0.3) is 6.08 Å². The van der Waals surface area contributed by atoms with Crippen molar-refractivity contribution < 1.29 is 13.9 Å². The molecule has 6 nitrogen and oxygen atoms in total. The molecule has 1 aliphatic rings. The standard InChI is InChI=1S/C24H25FN4O2/c1-28-15-18(14-27-28)10-11-24(30)26-12-13-29-16-19-6-2-5-9-22(19)31-23(17-29)20-7-3-4-8-21(20)25/h2-11,14-15,23H,12-13,16-17H2,1H3,(H,26,30). The van der Waals surface area contributed by atoms with E-state index in [1.165, 1.54) is 12.1 Å². The van der Waals surface area contributed by atoms with Gasteiger partial charge in [0.15, 0.2) is 0 Å². The lowest BCUT2D eigenvalue weighted by Gasteiger charge is -2.24. The van der Waals surface area contributed by atoms with Crippen LogP contribution in [0.1, 0.15) is 22.8 Å². The quantitative estimate of drug-likeness (QED) is 0.622. The number of halogens is 1. The Morgan fingerprint density at radius 2 is 2.06 bits per heavy atom. The first-order chi connectivity index (χ1) is 15.1. The topological polar surface area (TPSA) is 59.4 Å². The Morgan fingerprint density at radius 3 is 2.87 bits per heavy atom. The molecule has 3 aromatic rings. The normalized spacial score (nSPS) is 16.5. The molecular formula is C24H25FN4O2. The summed E-state index contributed by atoms with van der Waals surface area (Å²) in [4.78, 5) is 14.3. The third-order valence-electron chi connectivity index (χ3n) is 5.19. The van der Waals surface area contributed by atoms with Crippen LogP contribution in [0.15, 0.2) is 67.0 Å². The van der Waals surface area contributed by atoms with Gasteiger partial charge in [0.05, 0.1) is 6.20 Å². The van der Waals surface area contributed by atoms with E-state index in [9.17, 15) is 9.18 Å². The molecule has 0 aliphatic carbocycles. The molecule has 1 unspecified atom stereocenters. The number of nitrogens with zero attached hydrogens (tertiary/aromatic N) is 3. The summed E-state index contributed by atoms with van der Waals surface area (Å²) >= 11 is 0. The summed E-state index contributed by atoms with van der Waals surface area (Å²) in [6.45, 7) is 2.29. The molecule has 7 heteroatoms. The van der Waals surface area contributed by atoms with E-state index >= 15 is 0 Å². The second-order valence-corrected chi connectivity index (χ2v) is 7.54. The fraction of sp³-hybridized carbons (Fsp3) is 0.250. The number of ether oxygens (including phenoxy) is 1. The zero-order chi connectivity index (χ0) is 21.6. The fourth-order valence-corrected chi connectivity index (χ4v) is 3.64. The number of para-hydroxylation sites is 1. The number of aryl methyl sites for hydroxylation is 1. The van der Waals surface area contributed by atoms with Gasteiger partial charge < -0.3 is 10.1 Å². The number of nitrogens with one attached hydrogen (secondary N) is 1. The molecule has 0 spiro atoms. The summed E-state index contributed by atoms with van der Waals surface area (Å²) < 4.78 is 22.3. The van der Waals surface area contributed by atoms with Crippen LogP contribution in [-0.4, -0.2) is 40.2 Å². The Hall–Kier alpha value is -3.45. The summed E-state index contributed by atoms with van der Waals surface area (Å²) in [5.41, 5.74) is 2.45. The van der Waals surface area contributed by atoms with Crippen molar-refractivity contribution in [2.75, 3.05) is 19.6 Å². The van der Waals surface area contributed by atoms with Gasteiger partial charge in [-0.05, 0) is 18.2 Å². The molecule has 0 bridgehead atoms. The Bertz CT molecular complexity index is 1080. The molecule has 1 aromatic heterocycles. The molecule has 160 valence electrons. The maximum absolute atomic E-state index is 14.4. The highest BCUT2D eigenvalue weighted by molar-refractivity contribution is 5.91. The molecular weight excluding hydrogens is 395 g/mol. The van der Waals surface area contributed by atoms with Crippen LogP contribution in [0.5, 0.6) is 5.75 Å². The Kier molecular flexibility index (Phi) is 6.43. The zero-order valence-corrected chi connectivity index (χ0v) is 17.4. The van der Waals surface area contributed by atoms with Crippen LogP contribution in [-0.2, 0) is 18.4 Å². The molecule has 0 saturated carbocycles. The van der Waals surface area contributed by atoms with Crippen LogP contribution < -0.4 is 10.1 Å². The van der Waals surface area contributed by atoms with Gasteiger partial charge in [0.1, 0.15) is 17.7 Å². The van der Waals surface area contributed by atoms with Gasteiger partial charge in [-0.15, -0.1) is 0 Å². The van der Waals surface area contributed by atoms with Gasteiger partial charge >= 0.3 is 0 Å².